The van der Waals surface area contributed by atoms with Gasteiger partial charge in [-0.15, -0.1) is 11.8 Å². The van der Waals surface area contributed by atoms with Gasteiger partial charge in [0.1, 0.15) is 5.76 Å². The summed E-state index contributed by atoms with van der Waals surface area (Å²) in [6.07, 6.45) is 6.69. The van der Waals surface area contributed by atoms with Gasteiger partial charge in [-0.1, -0.05) is 43.0 Å². The summed E-state index contributed by atoms with van der Waals surface area (Å²) in [7, 11) is 0. The van der Waals surface area contributed by atoms with Gasteiger partial charge < -0.3 is 4.42 Å². The lowest BCUT2D eigenvalue weighted by atomic mass is 9.94. The number of amides is 2. The fraction of sp³-hybridized carbons (Fsp3) is 0.333. The number of furan rings is 1. The molecule has 2 aromatic rings. The number of thioether (sulfide) groups is 1. The third kappa shape index (κ3) is 3.71. The van der Waals surface area contributed by atoms with E-state index in [0.29, 0.717) is 21.3 Å². The van der Waals surface area contributed by atoms with E-state index in [2.05, 4.69) is 0 Å². The zero-order valence-electron chi connectivity index (χ0n) is 14.8. The zero-order valence-corrected chi connectivity index (χ0v) is 16.4. The molecule has 1 aromatic heterocycles. The summed E-state index contributed by atoms with van der Waals surface area (Å²) in [4.78, 5) is 28.4. The molecular formula is C21H20ClNO3S. The summed E-state index contributed by atoms with van der Waals surface area (Å²) in [5, 5.41) is 0.602. The van der Waals surface area contributed by atoms with Crippen LogP contribution in [-0.4, -0.2) is 22.8 Å². The van der Waals surface area contributed by atoms with Crippen molar-refractivity contribution in [2.75, 3.05) is 0 Å². The molecule has 140 valence electrons. The molecule has 2 amide bonds. The van der Waals surface area contributed by atoms with Crippen molar-refractivity contribution in [2.24, 2.45) is 0 Å². The van der Waals surface area contributed by atoms with E-state index in [9.17, 15) is 9.59 Å². The van der Waals surface area contributed by atoms with E-state index in [1.807, 2.05) is 12.1 Å². The molecule has 1 aliphatic carbocycles. The predicted octanol–water partition coefficient (Wildman–Crippen LogP) is 5.28. The Kier molecular flexibility index (Phi) is 5.41. The summed E-state index contributed by atoms with van der Waals surface area (Å²) < 4.78 is 5.38. The number of benzene rings is 1. The minimum Gasteiger partial charge on any atom is -0.468 e. The second kappa shape index (κ2) is 7.95. The van der Waals surface area contributed by atoms with Crippen LogP contribution in [0, 0.1) is 0 Å². The molecule has 4 nitrogen and oxygen atoms in total. The third-order valence-electron chi connectivity index (χ3n) is 5.08. The molecule has 1 fully saturated rings. The van der Waals surface area contributed by atoms with Gasteiger partial charge >= 0.3 is 0 Å². The second-order valence-electron chi connectivity index (χ2n) is 6.85. The fourth-order valence-electron chi connectivity index (χ4n) is 3.74. The van der Waals surface area contributed by atoms with E-state index >= 15 is 0 Å². The van der Waals surface area contributed by atoms with Crippen molar-refractivity contribution in [3.63, 3.8) is 0 Å². The van der Waals surface area contributed by atoms with Gasteiger partial charge in [0.2, 0.25) is 0 Å². The average Bonchev–Trinajstić information content (AvgIpc) is 3.28. The Morgan fingerprint density at radius 2 is 1.78 bits per heavy atom. The molecule has 0 atom stereocenters. The van der Waals surface area contributed by atoms with Gasteiger partial charge in [-0.2, -0.15) is 0 Å². The molecule has 2 heterocycles. The Balaban J connectivity index is 1.68. The van der Waals surface area contributed by atoms with Crippen LogP contribution in [-0.2, 0) is 15.3 Å². The maximum atomic E-state index is 13.2. The van der Waals surface area contributed by atoms with Crippen molar-refractivity contribution in [1.29, 1.82) is 0 Å². The predicted molar refractivity (Wildman–Crippen MR) is 107 cm³/mol. The second-order valence-corrected chi connectivity index (χ2v) is 8.27. The van der Waals surface area contributed by atoms with E-state index < -0.39 is 0 Å². The SMILES string of the molecule is O=C1C(SCc2ccco2)=C(c2ccc(Cl)cc2)C(=O)N1C1CCCCC1. The summed E-state index contributed by atoms with van der Waals surface area (Å²) in [5.41, 5.74) is 1.22. The van der Waals surface area contributed by atoms with Gasteiger partial charge in [0.15, 0.2) is 0 Å². The first-order chi connectivity index (χ1) is 13.1. The topological polar surface area (TPSA) is 50.5 Å². The highest BCUT2D eigenvalue weighted by Gasteiger charge is 2.43. The van der Waals surface area contributed by atoms with Crippen LogP contribution in [0.15, 0.2) is 52.0 Å². The molecule has 27 heavy (non-hydrogen) atoms. The van der Waals surface area contributed by atoms with Crippen molar-refractivity contribution >= 4 is 40.8 Å². The first-order valence-electron chi connectivity index (χ1n) is 9.18. The van der Waals surface area contributed by atoms with Gasteiger partial charge in [0, 0.05) is 11.1 Å². The molecule has 0 spiro atoms. The molecule has 1 aliphatic heterocycles. The number of imide groups is 1. The molecule has 1 saturated carbocycles. The Morgan fingerprint density at radius 1 is 1.04 bits per heavy atom. The molecule has 4 rings (SSSR count). The van der Waals surface area contributed by atoms with Gasteiger partial charge in [0.25, 0.3) is 11.8 Å². The van der Waals surface area contributed by atoms with Crippen LogP contribution < -0.4 is 0 Å². The van der Waals surface area contributed by atoms with Crippen LogP contribution in [0.25, 0.3) is 5.57 Å². The molecule has 6 heteroatoms. The summed E-state index contributed by atoms with van der Waals surface area (Å²) in [6, 6.07) is 10.8. The molecule has 0 saturated heterocycles. The number of rotatable bonds is 5. The maximum Gasteiger partial charge on any atom is 0.268 e. The lowest BCUT2D eigenvalue weighted by molar-refractivity contribution is -0.139. The molecule has 1 aromatic carbocycles. The minimum absolute atomic E-state index is 0.00256. The van der Waals surface area contributed by atoms with Crippen LogP contribution >= 0.6 is 23.4 Å². The van der Waals surface area contributed by atoms with Crippen LogP contribution in [0.3, 0.4) is 0 Å². The van der Waals surface area contributed by atoms with Crippen molar-refractivity contribution in [3.05, 3.63) is 63.9 Å². The van der Waals surface area contributed by atoms with E-state index in [1.54, 1.807) is 30.5 Å². The van der Waals surface area contributed by atoms with E-state index in [-0.39, 0.29) is 17.9 Å². The minimum atomic E-state index is -0.184. The first-order valence-corrected chi connectivity index (χ1v) is 10.5. The van der Waals surface area contributed by atoms with E-state index in [0.717, 1.165) is 37.0 Å². The molecule has 0 bridgehead atoms. The molecule has 0 unspecified atom stereocenters. The van der Waals surface area contributed by atoms with Crippen LogP contribution in [0.4, 0.5) is 0 Å². The van der Waals surface area contributed by atoms with Gasteiger partial charge in [-0.05, 0) is 42.7 Å². The zero-order chi connectivity index (χ0) is 18.8. The number of carbonyl (C=O) groups is 2. The standard InChI is InChI=1S/C21H20ClNO3S/c22-15-10-8-14(9-11-15)18-19(27-13-17-7-4-12-26-17)21(25)23(20(18)24)16-5-2-1-3-6-16/h4,7-12,16H,1-3,5-6,13H2. The highest BCUT2D eigenvalue weighted by atomic mass is 35.5. The maximum absolute atomic E-state index is 13.2. The Morgan fingerprint density at radius 3 is 2.44 bits per heavy atom. The lowest BCUT2D eigenvalue weighted by Gasteiger charge is -2.29. The van der Waals surface area contributed by atoms with Gasteiger partial charge in [0.05, 0.1) is 22.5 Å². The van der Waals surface area contributed by atoms with Crippen LogP contribution in [0.2, 0.25) is 5.02 Å². The summed E-state index contributed by atoms with van der Waals surface area (Å²) >= 11 is 7.37. The Bertz CT molecular complexity index is 867. The Hall–Kier alpha value is -1.98. The molecule has 0 N–H and O–H groups in total. The third-order valence-corrected chi connectivity index (χ3v) is 6.43. The molecule has 0 radical (unpaired) electrons. The summed E-state index contributed by atoms with van der Waals surface area (Å²) in [5.74, 6) is 0.931. The van der Waals surface area contributed by atoms with Gasteiger partial charge in [-0.25, -0.2) is 0 Å². The van der Waals surface area contributed by atoms with Crippen LogP contribution in [0.5, 0.6) is 0 Å². The normalized spacial score (nSPS) is 18.6. The van der Waals surface area contributed by atoms with Crippen LogP contribution in [0.1, 0.15) is 43.4 Å². The first kappa shape index (κ1) is 18.4. The van der Waals surface area contributed by atoms with Crippen molar-refractivity contribution in [1.82, 2.24) is 4.90 Å². The average molecular weight is 402 g/mol. The monoisotopic (exact) mass is 401 g/mol. The highest BCUT2D eigenvalue weighted by Crippen LogP contribution is 2.40. The number of halogens is 1. The largest absolute Gasteiger partial charge is 0.468 e. The number of hydrogen-bond acceptors (Lipinski definition) is 4. The van der Waals surface area contributed by atoms with E-state index in [4.69, 9.17) is 16.0 Å². The smallest absolute Gasteiger partial charge is 0.268 e. The fourth-order valence-corrected chi connectivity index (χ4v) is 4.89. The van der Waals surface area contributed by atoms with Crippen molar-refractivity contribution in [2.45, 2.75) is 43.9 Å². The highest BCUT2D eigenvalue weighted by molar-refractivity contribution is 8.03. The summed E-state index contributed by atoms with van der Waals surface area (Å²) in [6.45, 7) is 0. The van der Waals surface area contributed by atoms with E-state index in [1.165, 1.54) is 23.1 Å². The number of nitrogens with zero attached hydrogens (tertiary/aromatic N) is 1. The number of hydrogen-bond donors (Lipinski definition) is 0. The molecular weight excluding hydrogens is 382 g/mol. The Labute approximate surface area is 167 Å². The quantitative estimate of drug-likeness (QED) is 0.639. The van der Waals surface area contributed by atoms with Gasteiger partial charge in [-0.3, -0.25) is 14.5 Å². The van der Waals surface area contributed by atoms with Crippen molar-refractivity contribution < 1.29 is 14.0 Å². The van der Waals surface area contributed by atoms with Crippen molar-refractivity contribution in [3.8, 4) is 0 Å². The molecule has 2 aliphatic rings. The lowest BCUT2D eigenvalue weighted by Crippen LogP contribution is -2.42. The number of carbonyl (C=O) groups excluding carboxylic acids is 2.